The first kappa shape index (κ1) is 9.73. The lowest BCUT2D eigenvalue weighted by atomic mass is 9.88. The summed E-state index contributed by atoms with van der Waals surface area (Å²) < 4.78 is 49.8. The van der Waals surface area contributed by atoms with Gasteiger partial charge in [0.2, 0.25) is 0 Å². The van der Waals surface area contributed by atoms with E-state index in [2.05, 4.69) is 0 Å². The molecule has 2 nitrogen and oxygen atoms in total. The van der Waals surface area contributed by atoms with E-state index in [1.807, 2.05) is 0 Å². The molecule has 72 valence electrons. The smallest absolute Gasteiger partial charge is 0.163 e. The Bertz CT molecular complexity index is 109. The van der Waals surface area contributed by atoms with E-state index < -0.39 is 36.9 Å². The second-order valence-electron chi connectivity index (χ2n) is 2.76. The highest BCUT2D eigenvalue weighted by Crippen LogP contribution is 2.29. The van der Waals surface area contributed by atoms with Gasteiger partial charge in [-0.25, -0.2) is 17.6 Å². The molecule has 1 aliphatic rings. The molecule has 0 aromatic heterocycles. The number of halogens is 4. The van der Waals surface area contributed by atoms with Crippen LogP contribution in [-0.2, 0) is 0 Å². The summed E-state index contributed by atoms with van der Waals surface area (Å²) in [5.74, 6) is 0. The molecule has 0 radical (unpaired) electrons. The Morgan fingerprint density at radius 2 is 0.750 bits per heavy atom. The third kappa shape index (κ3) is 1.29. The standard InChI is InChI=1S/C6H8F4O2/c7-1-2(8)6(12)4(10)3(9)5(1)11/h1-6,11-12H/t1-,2+,3+,4-,5?,6?. The molecule has 1 fully saturated rings. The predicted octanol–water partition coefficient (Wildman–Crippen LogP) is 0.0742. The molecule has 0 saturated heterocycles. The molecular weight excluding hydrogens is 180 g/mol. The molecule has 0 amide bonds. The van der Waals surface area contributed by atoms with Gasteiger partial charge in [-0.1, -0.05) is 0 Å². The number of hydrogen-bond donors (Lipinski definition) is 2. The van der Waals surface area contributed by atoms with Gasteiger partial charge in [0.15, 0.2) is 24.7 Å². The van der Waals surface area contributed by atoms with E-state index in [0.29, 0.717) is 0 Å². The maximum atomic E-state index is 12.5. The van der Waals surface area contributed by atoms with Crippen LogP contribution in [0.2, 0.25) is 0 Å². The van der Waals surface area contributed by atoms with E-state index in [-0.39, 0.29) is 0 Å². The lowest BCUT2D eigenvalue weighted by Gasteiger charge is -2.34. The monoisotopic (exact) mass is 188 g/mol. The van der Waals surface area contributed by atoms with Crippen LogP contribution in [0.5, 0.6) is 0 Å². The van der Waals surface area contributed by atoms with Crippen LogP contribution < -0.4 is 0 Å². The topological polar surface area (TPSA) is 40.5 Å². The van der Waals surface area contributed by atoms with Crippen molar-refractivity contribution in [2.24, 2.45) is 0 Å². The zero-order chi connectivity index (χ0) is 9.46. The van der Waals surface area contributed by atoms with Gasteiger partial charge in [0.05, 0.1) is 0 Å². The molecule has 1 aliphatic carbocycles. The second-order valence-corrected chi connectivity index (χ2v) is 2.76. The van der Waals surface area contributed by atoms with Crippen molar-refractivity contribution < 1.29 is 27.8 Å². The van der Waals surface area contributed by atoms with Gasteiger partial charge in [-0.2, -0.15) is 0 Å². The molecule has 2 unspecified atom stereocenters. The maximum Gasteiger partial charge on any atom is 0.163 e. The van der Waals surface area contributed by atoms with Crippen molar-refractivity contribution in [3.05, 3.63) is 0 Å². The first-order valence-corrected chi connectivity index (χ1v) is 3.39. The van der Waals surface area contributed by atoms with Crippen molar-refractivity contribution in [1.29, 1.82) is 0 Å². The third-order valence-electron chi connectivity index (χ3n) is 1.91. The van der Waals surface area contributed by atoms with E-state index in [0.717, 1.165) is 0 Å². The molecule has 12 heavy (non-hydrogen) atoms. The molecule has 0 aromatic rings. The van der Waals surface area contributed by atoms with Crippen molar-refractivity contribution >= 4 is 0 Å². The van der Waals surface area contributed by atoms with E-state index in [1.54, 1.807) is 0 Å². The third-order valence-corrected chi connectivity index (χ3v) is 1.91. The van der Waals surface area contributed by atoms with Gasteiger partial charge in [0, 0.05) is 0 Å². The molecule has 6 heteroatoms. The Morgan fingerprint density at radius 1 is 0.583 bits per heavy atom. The predicted molar refractivity (Wildman–Crippen MR) is 31.6 cm³/mol. The van der Waals surface area contributed by atoms with Gasteiger partial charge in [-0.05, 0) is 0 Å². The molecule has 0 heterocycles. The van der Waals surface area contributed by atoms with Gasteiger partial charge in [-0.15, -0.1) is 0 Å². The van der Waals surface area contributed by atoms with Gasteiger partial charge in [0.25, 0.3) is 0 Å². The Hall–Kier alpha value is -0.360. The van der Waals surface area contributed by atoms with Crippen LogP contribution in [-0.4, -0.2) is 47.1 Å². The van der Waals surface area contributed by atoms with E-state index in [1.165, 1.54) is 0 Å². The van der Waals surface area contributed by atoms with Crippen LogP contribution in [0.1, 0.15) is 0 Å². The minimum Gasteiger partial charge on any atom is -0.387 e. The highest BCUT2D eigenvalue weighted by Gasteiger charge is 2.51. The summed E-state index contributed by atoms with van der Waals surface area (Å²) in [6.07, 6.45) is -14.9. The molecule has 0 bridgehead atoms. The Labute approximate surface area is 65.8 Å². The van der Waals surface area contributed by atoms with Gasteiger partial charge in [0.1, 0.15) is 12.2 Å². The molecule has 0 aliphatic heterocycles. The van der Waals surface area contributed by atoms with E-state index in [9.17, 15) is 17.6 Å². The first-order chi connectivity index (χ1) is 5.46. The number of rotatable bonds is 0. The second kappa shape index (κ2) is 3.18. The van der Waals surface area contributed by atoms with Crippen LogP contribution in [0.3, 0.4) is 0 Å². The zero-order valence-corrected chi connectivity index (χ0v) is 5.87. The van der Waals surface area contributed by atoms with Crippen LogP contribution in [0.25, 0.3) is 0 Å². The summed E-state index contributed by atoms with van der Waals surface area (Å²) in [4.78, 5) is 0. The summed E-state index contributed by atoms with van der Waals surface area (Å²) in [5, 5.41) is 17.1. The number of aliphatic hydroxyl groups is 2. The summed E-state index contributed by atoms with van der Waals surface area (Å²) in [7, 11) is 0. The molecule has 2 N–H and O–H groups in total. The molecule has 6 atom stereocenters. The summed E-state index contributed by atoms with van der Waals surface area (Å²) in [5.41, 5.74) is 0. The summed E-state index contributed by atoms with van der Waals surface area (Å²) in [6, 6.07) is 0. The first-order valence-electron chi connectivity index (χ1n) is 3.39. The SMILES string of the molecule is OC1[C@@H](F)[C@@H](F)C(O)[C@@H](F)[C@H]1F. The van der Waals surface area contributed by atoms with Crippen LogP contribution >= 0.6 is 0 Å². The molecule has 1 saturated carbocycles. The quantitative estimate of drug-likeness (QED) is 0.528. The van der Waals surface area contributed by atoms with Crippen LogP contribution in [0, 0.1) is 0 Å². The lowest BCUT2D eigenvalue weighted by molar-refractivity contribution is -0.146. The Balaban J connectivity index is 2.76. The molecule has 0 spiro atoms. The van der Waals surface area contributed by atoms with Crippen molar-refractivity contribution in [3.63, 3.8) is 0 Å². The van der Waals surface area contributed by atoms with Crippen LogP contribution in [0.4, 0.5) is 17.6 Å². The molecule has 1 rings (SSSR count). The lowest BCUT2D eigenvalue weighted by Crippen LogP contribution is -2.57. The fourth-order valence-electron chi connectivity index (χ4n) is 1.10. The van der Waals surface area contributed by atoms with Gasteiger partial charge in [-0.3, -0.25) is 0 Å². The molecular formula is C6H8F4O2. The van der Waals surface area contributed by atoms with E-state index in [4.69, 9.17) is 10.2 Å². The average molecular weight is 188 g/mol. The van der Waals surface area contributed by atoms with Crippen molar-refractivity contribution in [2.45, 2.75) is 36.9 Å². The number of hydrogen-bond acceptors (Lipinski definition) is 2. The van der Waals surface area contributed by atoms with Crippen molar-refractivity contribution in [2.75, 3.05) is 0 Å². The highest BCUT2D eigenvalue weighted by molar-refractivity contribution is 4.99. The zero-order valence-electron chi connectivity index (χ0n) is 5.87. The Kier molecular flexibility index (Phi) is 2.58. The van der Waals surface area contributed by atoms with Crippen molar-refractivity contribution in [3.8, 4) is 0 Å². The number of aliphatic hydroxyl groups excluding tert-OH is 2. The fraction of sp³-hybridized carbons (Fsp3) is 1.00. The molecule has 0 aromatic carbocycles. The highest BCUT2D eigenvalue weighted by atomic mass is 19.2. The van der Waals surface area contributed by atoms with Gasteiger partial charge < -0.3 is 10.2 Å². The summed E-state index contributed by atoms with van der Waals surface area (Å²) in [6.45, 7) is 0. The Morgan fingerprint density at radius 3 is 0.917 bits per heavy atom. The van der Waals surface area contributed by atoms with Crippen LogP contribution in [0.15, 0.2) is 0 Å². The van der Waals surface area contributed by atoms with E-state index >= 15 is 0 Å². The summed E-state index contributed by atoms with van der Waals surface area (Å²) >= 11 is 0. The van der Waals surface area contributed by atoms with Gasteiger partial charge >= 0.3 is 0 Å². The average Bonchev–Trinajstić information content (AvgIpc) is 2.08. The maximum absolute atomic E-state index is 12.5. The number of alkyl halides is 4. The minimum atomic E-state index is -2.57. The minimum absolute atomic E-state index is 2.33. The largest absolute Gasteiger partial charge is 0.387 e. The fourth-order valence-corrected chi connectivity index (χ4v) is 1.10. The normalized spacial score (nSPS) is 55.5. The van der Waals surface area contributed by atoms with Crippen molar-refractivity contribution in [1.82, 2.24) is 0 Å².